The van der Waals surface area contributed by atoms with Gasteiger partial charge in [-0.15, -0.1) is 0 Å². The lowest BCUT2D eigenvalue weighted by atomic mass is 9.90. The molecule has 3 aromatic rings. The molecule has 0 saturated carbocycles. The van der Waals surface area contributed by atoms with Crippen molar-refractivity contribution in [2.75, 3.05) is 36.5 Å². The largest absolute Gasteiger partial charge is 0.415 e. The zero-order valence-corrected chi connectivity index (χ0v) is 20.7. The number of nitriles is 1. The van der Waals surface area contributed by atoms with E-state index in [4.69, 9.17) is 4.74 Å². The Bertz CT molecular complexity index is 1340. The Morgan fingerprint density at radius 3 is 2.65 bits per heavy atom. The fraction of sp³-hybridized carbons (Fsp3) is 0.346. The van der Waals surface area contributed by atoms with E-state index < -0.39 is 12.0 Å². The summed E-state index contributed by atoms with van der Waals surface area (Å²) < 4.78 is 36.0. The number of aryl methyl sites for hydroxylation is 1. The maximum absolute atomic E-state index is 13.0. The van der Waals surface area contributed by atoms with Crippen LogP contribution in [0.1, 0.15) is 35.6 Å². The Morgan fingerprint density at radius 2 is 1.95 bits per heavy atom. The first kappa shape index (κ1) is 25.9. The Kier molecular flexibility index (Phi) is 7.59. The van der Waals surface area contributed by atoms with E-state index in [9.17, 15) is 18.8 Å². The third-order valence-corrected chi connectivity index (χ3v) is 5.98. The van der Waals surface area contributed by atoms with E-state index in [1.54, 1.807) is 45.0 Å². The minimum absolute atomic E-state index is 0.162. The van der Waals surface area contributed by atoms with Crippen molar-refractivity contribution in [2.24, 2.45) is 0 Å². The molecular weight excluding hydrogens is 482 g/mol. The number of hydrogen-bond donors (Lipinski definition) is 1. The zero-order chi connectivity index (χ0) is 26.6. The highest BCUT2D eigenvalue weighted by Gasteiger charge is 2.23. The number of ether oxygens (including phenoxy) is 2. The Balaban J connectivity index is 1.64. The predicted molar refractivity (Wildman–Crippen MR) is 133 cm³/mol. The van der Waals surface area contributed by atoms with Gasteiger partial charge in [0.2, 0.25) is 5.88 Å². The Hall–Kier alpha value is -4.17. The summed E-state index contributed by atoms with van der Waals surface area (Å²) in [4.78, 5) is 27.6. The summed E-state index contributed by atoms with van der Waals surface area (Å²) in [5.74, 6) is -0.550. The number of halogens is 2. The van der Waals surface area contributed by atoms with Crippen LogP contribution in [0.2, 0.25) is 0 Å². The summed E-state index contributed by atoms with van der Waals surface area (Å²) in [6.07, 6.45) is 4.46. The molecule has 1 amide bonds. The fourth-order valence-corrected chi connectivity index (χ4v) is 3.86. The molecule has 1 aliphatic heterocycles. The fourth-order valence-electron chi connectivity index (χ4n) is 3.86. The number of morpholine rings is 1. The van der Waals surface area contributed by atoms with Crippen LogP contribution in [0.25, 0.3) is 11.1 Å². The molecule has 3 aromatic heterocycles. The minimum Gasteiger partial charge on any atom is -0.415 e. The first-order chi connectivity index (χ1) is 17.7. The number of rotatable bonds is 7. The molecule has 0 bridgehead atoms. The number of carbonyl (C=O) groups is 1. The van der Waals surface area contributed by atoms with Crippen LogP contribution >= 0.6 is 0 Å². The van der Waals surface area contributed by atoms with Crippen molar-refractivity contribution in [3.8, 4) is 23.1 Å². The van der Waals surface area contributed by atoms with Crippen molar-refractivity contribution >= 4 is 17.3 Å². The highest BCUT2D eigenvalue weighted by molar-refractivity contribution is 6.04. The van der Waals surface area contributed by atoms with Crippen molar-refractivity contribution < 1.29 is 23.0 Å². The summed E-state index contributed by atoms with van der Waals surface area (Å²) in [5, 5.41) is 12.2. The summed E-state index contributed by atoms with van der Waals surface area (Å²) in [6, 6.07) is 8.80. The van der Waals surface area contributed by atoms with Gasteiger partial charge in [-0.05, 0) is 45.0 Å². The molecule has 0 unspecified atom stereocenters. The Morgan fingerprint density at radius 1 is 1.19 bits per heavy atom. The van der Waals surface area contributed by atoms with Crippen molar-refractivity contribution in [1.29, 1.82) is 5.26 Å². The topological polar surface area (TPSA) is 113 Å². The first-order valence-corrected chi connectivity index (χ1v) is 11.6. The van der Waals surface area contributed by atoms with Crippen LogP contribution in [-0.4, -0.2) is 53.8 Å². The molecule has 0 spiro atoms. The standard InChI is InChI=1S/C26H26F2N6O3/c1-16-20(18-10-21(34-6-8-36-9-7-34)24(32-13-18)37-25(27)28)12-19(14-31-16)33-23(35)17-4-5-30-22(11-17)26(2,3)15-29/h4-5,10-14,25H,6-9H2,1-3H3,(H,33,35). The van der Waals surface area contributed by atoms with Crippen LogP contribution in [0.4, 0.5) is 20.2 Å². The number of hydrogen-bond acceptors (Lipinski definition) is 8. The normalized spacial score (nSPS) is 13.8. The van der Waals surface area contributed by atoms with Crippen molar-refractivity contribution in [1.82, 2.24) is 15.0 Å². The van der Waals surface area contributed by atoms with Gasteiger partial charge >= 0.3 is 6.61 Å². The average molecular weight is 509 g/mol. The van der Waals surface area contributed by atoms with Crippen molar-refractivity contribution in [3.05, 3.63) is 59.8 Å². The Labute approximate surface area is 213 Å². The van der Waals surface area contributed by atoms with Gasteiger partial charge in [0.15, 0.2) is 0 Å². The van der Waals surface area contributed by atoms with Crippen LogP contribution in [-0.2, 0) is 10.2 Å². The smallest absolute Gasteiger partial charge is 0.388 e. The van der Waals surface area contributed by atoms with Crippen LogP contribution < -0.4 is 15.0 Å². The molecule has 9 nitrogen and oxygen atoms in total. The van der Waals surface area contributed by atoms with E-state index in [0.29, 0.717) is 65.8 Å². The van der Waals surface area contributed by atoms with E-state index in [-0.39, 0.29) is 11.8 Å². The van der Waals surface area contributed by atoms with Gasteiger partial charge in [0, 0.05) is 47.9 Å². The van der Waals surface area contributed by atoms with Crippen molar-refractivity contribution in [2.45, 2.75) is 32.8 Å². The highest BCUT2D eigenvalue weighted by Crippen LogP contribution is 2.34. The summed E-state index contributed by atoms with van der Waals surface area (Å²) >= 11 is 0. The molecule has 4 heterocycles. The number of amides is 1. The molecular formula is C26H26F2N6O3. The molecule has 0 aliphatic carbocycles. The van der Waals surface area contributed by atoms with Gasteiger partial charge < -0.3 is 19.7 Å². The predicted octanol–water partition coefficient (Wildman–Crippen LogP) is 4.34. The lowest BCUT2D eigenvalue weighted by molar-refractivity contribution is -0.0525. The van der Waals surface area contributed by atoms with Crippen LogP contribution in [0.5, 0.6) is 5.88 Å². The zero-order valence-electron chi connectivity index (χ0n) is 20.7. The highest BCUT2D eigenvalue weighted by atomic mass is 19.3. The second-order valence-corrected chi connectivity index (χ2v) is 9.00. The number of alkyl halides is 2. The number of pyridine rings is 3. The lowest BCUT2D eigenvalue weighted by Crippen LogP contribution is -2.36. The number of nitrogens with zero attached hydrogens (tertiary/aromatic N) is 5. The monoisotopic (exact) mass is 508 g/mol. The lowest BCUT2D eigenvalue weighted by Gasteiger charge is -2.30. The molecule has 0 radical (unpaired) electrons. The maximum atomic E-state index is 13.0. The van der Waals surface area contributed by atoms with Crippen molar-refractivity contribution in [3.63, 3.8) is 0 Å². The van der Waals surface area contributed by atoms with Gasteiger partial charge in [0.1, 0.15) is 5.69 Å². The minimum atomic E-state index is -3.01. The van der Waals surface area contributed by atoms with Gasteiger partial charge in [0.25, 0.3) is 5.91 Å². The first-order valence-electron chi connectivity index (χ1n) is 11.6. The second-order valence-electron chi connectivity index (χ2n) is 9.00. The van der Waals surface area contributed by atoms with Gasteiger partial charge in [-0.2, -0.15) is 14.0 Å². The SMILES string of the molecule is Cc1ncc(NC(=O)c2ccnc(C(C)(C)C#N)c2)cc1-c1cnc(OC(F)F)c(N2CCOCC2)c1. The van der Waals surface area contributed by atoms with E-state index in [1.165, 1.54) is 18.6 Å². The van der Waals surface area contributed by atoms with E-state index in [2.05, 4.69) is 31.1 Å². The maximum Gasteiger partial charge on any atom is 0.388 e. The molecule has 1 aliphatic rings. The molecule has 0 atom stereocenters. The third kappa shape index (κ3) is 5.98. The molecule has 11 heteroatoms. The second kappa shape index (κ2) is 10.8. The summed E-state index contributed by atoms with van der Waals surface area (Å²) in [5.41, 5.74) is 2.82. The van der Waals surface area contributed by atoms with Crippen LogP contribution in [0, 0.1) is 18.3 Å². The molecule has 37 heavy (non-hydrogen) atoms. The third-order valence-electron chi connectivity index (χ3n) is 5.98. The van der Waals surface area contributed by atoms with Gasteiger partial charge in [0.05, 0.1) is 42.3 Å². The van der Waals surface area contributed by atoms with E-state index in [0.717, 1.165) is 0 Å². The number of nitrogens with one attached hydrogen (secondary N) is 1. The molecule has 4 rings (SSSR count). The molecule has 1 saturated heterocycles. The average Bonchev–Trinajstić information content (AvgIpc) is 2.90. The van der Waals surface area contributed by atoms with Gasteiger partial charge in [-0.25, -0.2) is 4.98 Å². The number of carbonyl (C=O) groups excluding carboxylic acids is 1. The molecule has 1 fully saturated rings. The molecule has 192 valence electrons. The van der Waals surface area contributed by atoms with Gasteiger partial charge in [-0.3, -0.25) is 14.8 Å². The number of aromatic nitrogens is 3. The quantitative estimate of drug-likeness (QED) is 0.502. The molecule has 1 N–H and O–H groups in total. The number of anilines is 2. The van der Waals surface area contributed by atoms with E-state index >= 15 is 0 Å². The van der Waals surface area contributed by atoms with Crippen LogP contribution in [0.15, 0.2) is 42.9 Å². The molecule has 0 aromatic carbocycles. The van der Waals surface area contributed by atoms with E-state index in [1.807, 2.05) is 4.90 Å². The summed E-state index contributed by atoms with van der Waals surface area (Å²) in [6.45, 7) is 4.19. The summed E-state index contributed by atoms with van der Waals surface area (Å²) in [7, 11) is 0. The van der Waals surface area contributed by atoms with Crippen LogP contribution in [0.3, 0.4) is 0 Å². The van der Waals surface area contributed by atoms with Gasteiger partial charge in [-0.1, -0.05) is 0 Å².